The predicted molar refractivity (Wildman–Crippen MR) is 74.3 cm³/mol. The van der Waals surface area contributed by atoms with Gasteiger partial charge in [0.15, 0.2) is 0 Å². The second-order valence-electron chi connectivity index (χ2n) is 6.28. The van der Waals surface area contributed by atoms with E-state index in [1.165, 1.54) is 4.90 Å². The van der Waals surface area contributed by atoms with Gasteiger partial charge in [-0.05, 0) is 39.2 Å². The molecule has 116 valence electrons. The summed E-state index contributed by atoms with van der Waals surface area (Å²) in [7, 11) is 0. The quantitative estimate of drug-likeness (QED) is 0.730. The largest absolute Gasteiger partial charge is 0.401 e. The summed E-state index contributed by atoms with van der Waals surface area (Å²) >= 11 is 0. The van der Waals surface area contributed by atoms with E-state index in [0.717, 1.165) is 13.0 Å². The van der Waals surface area contributed by atoms with Crippen LogP contribution in [-0.2, 0) is 0 Å². The highest BCUT2D eigenvalue weighted by atomic mass is 19.4. The van der Waals surface area contributed by atoms with Crippen molar-refractivity contribution in [2.45, 2.75) is 66.2 Å². The molecule has 0 spiro atoms. The minimum absolute atomic E-state index is 0.112. The molecule has 0 fully saturated rings. The van der Waals surface area contributed by atoms with Gasteiger partial charge in [0.1, 0.15) is 0 Å². The molecule has 0 heterocycles. The van der Waals surface area contributed by atoms with Crippen molar-refractivity contribution in [2.24, 2.45) is 5.41 Å². The molecule has 1 N–H and O–H groups in total. The van der Waals surface area contributed by atoms with E-state index in [2.05, 4.69) is 12.2 Å². The Morgan fingerprint density at radius 1 is 1.05 bits per heavy atom. The summed E-state index contributed by atoms with van der Waals surface area (Å²) in [5.74, 6) is 0. The highest BCUT2D eigenvalue weighted by molar-refractivity contribution is 4.85. The molecule has 19 heavy (non-hydrogen) atoms. The van der Waals surface area contributed by atoms with Gasteiger partial charge in [0, 0.05) is 18.6 Å². The molecule has 0 bridgehead atoms. The number of nitrogens with zero attached hydrogens (tertiary/aromatic N) is 1. The fourth-order valence-corrected chi connectivity index (χ4v) is 1.95. The number of rotatable bonds is 8. The van der Waals surface area contributed by atoms with Gasteiger partial charge in [-0.2, -0.15) is 13.2 Å². The Morgan fingerprint density at radius 3 is 1.95 bits per heavy atom. The molecule has 0 saturated carbocycles. The summed E-state index contributed by atoms with van der Waals surface area (Å²) in [6.45, 7) is 12.3. The van der Waals surface area contributed by atoms with Crippen LogP contribution in [0.1, 0.15) is 48.0 Å². The van der Waals surface area contributed by atoms with Crippen LogP contribution in [0.3, 0.4) is 0 Å². The molecule has 0 aliphatic heterocycles. The zero-order valence-electron chi connectivity index (χ0n) is 13.1. The van der Waals surface area contributed by atoms with Gasteiger partial charge in [0.25, 0.3) is 0 Å². The van der Waals surface area contributed by atoms with Crippen molar-refractivity contribution in [3.63, 3.8) is 0 Å². The summed E-state index contributed by atoms with van der Waals surface area (Å²) in [6.07, 6.45) is -3.11. The number of hydrogen-bond donors (Lipinski definition) is 1. The van der Waals surface area contributed by atoms with Crippen LogP contribution in [0.2, 0.25) is 0 Å². The number of nitrogens with one attached hydrogen (secondary N) is 1. The summed E-state index contributed by atoms with van der Waals surface area (Å²) < 4.78 is 37.8. The third-order valence-electron chi connectivity index (χ3n) is 3.60. The molecule has 5 heteroatoms. The standard InChI is InChI=1S/C14H29F3N2/c1-7-8-18-12(4)13(5,6)9-19(11(2)3)10-14(15,16)17/h11-12,18H,7-10H2,1-6H3. The second kappa shape index (κ2) is 7.48. The molecule has 0 aromatic heterocycles. The molecule has 0 aliphatic rings. The Kier molecular flexibility index (Phi) is 7.37. The van der Waals surface area contributed by atoms with E-state index < -0.39 is 12.7 Å². The van der Waals surface area contributed by atoms with Crippen molar-refractivity contribution >= 4 is 0 Å². The average Bonchev–Trinajstić information content (AvgIpc) is 2.22. The van der Waals surface area contributed by atoms with Crippen LogP contribution in [0, 0.1) is 5.41 Å². The molecule has 0 radical (unpaired) electrons. The Bertz CT molecular complexity index is 250. The Hall–Kier alpha value is -0.290. The molecular formula is C14H29F3N2. The fraction of sp³-hybridized carbons (Fsp3) is 1.00. The summed E-state index contributed by atoms with van der Waals surface area (Å²) in [5.41, 5.74) is -0.204. The molecule has 0 aromatic carbocycles. The van der Waals surface area contributed by atoms with Crippen LogP contribution < -0.4 is 5.32 Å². The van der Waals surface area contributed by atoms with Gasteiger partial charge in [0.05, 0.1) is 6.54 Å². The SMILES string of the molecule is CCCNC(C)C(C)(C)CN(CC(F)(F)F)C(C)C. The summed E-state index contributed by atoms with van der Waals surface area (Å²) in [4.78, 5) is 1.50. The van der Waals surface area contributed by atoms with Crippen molar-refractivity contribution in [1.82, 2.24) is 10.2 Å². The fourth-order valence-electron chi connectivity index (χ4n) is 1.95. The van der Waals surface area contributed by atoms with E-state index in [1.54, 1.807) is 0 Å². The topological polar surface area (TPSA) is 15.3 Å². The third kappa shape index (κ3) is 7.78. The summed E-state index contributed by atoms with van der Waals surface area (Å²) in [5, 5.41) is 3.37. The van der Waals surface area contributed by atoms with Crippen molar-refractivity contribution < 1.29 is 13.2 Å². The van der Waals surface area contributed by atoms with Gasteiger partial charge >= 0.3 is 6.18 Å². The maximum absolute atomic E-state index is 12.6. The number of hydrogen-bond acceptors (Lipinski definition) is 2. The first-order valence-corrected chi connectivity index (χ1v) is 7.03. The Balaban J connectivity index is 4.63. The minimum Gasteiger partial charge on any atom is -0.314 e. The van der Waals surface area contributed by atoms with Gasteiger partial charge in [-0.3, -0.25) is 4.90 Å². The maximum Gasteiger partial charge on any atom is 0.401 e. The highest BCUT2D eigenvalue weighted by Crippen LogP contribution is 2.26. The Labute approximate surface area is 115 Å². The number of halogens is 3. The molecule has 0 rings (SSSR count). The molecule has 0 amide bonds. The minimum atomic E-state index is -4.14. The lowest BCUT2D eigenvalue weighted by atomic mass is 9.84. The van der Waals surface area contributed by atoms with Crippen LogP contribution in [0.15, 0.2) is 0 Å². The third-order valence-corrected chi connectivity index (χ3v) is 3.60. The van der Waals surface area contributed by atoms with E-state index in [4.69, 9.17) is 0 Å². The van der Waals surface area contributed by atoms with Crippen LogP contribution in [0.5, 0.6) is 0 Å². The van der Waals surface area contributed by atoms with Crippen molar-refractivity contribution in [1.29, 1.82) is 0 Å². The van der Waals surface area contributed by atoms with Crippen LogP contribution in [0.4, 0.5) is 13.2 Å². The van der Waals surface area contributed by atoms with E-state index in [-0.39, 0.29) is 17.5 Å². The van der Waals surface area contributed by atoms with Gasteiger partial charge in [0.2, 0.25) is 0 Å². The first kappa shape index (κ1) is 18.7. The van der Waals surface area contributed by atoms with Crippen molar-refractivity contribution in [2.75, 3.05) is 19.6 Å². The molecule has 0 saturated heterocycles. The van der Waals surface area contributed by atoms with Crippen molar-refractivity contribution in [3.05, 3.63) is 0 Å². The maximum atomic E-state index is 12.6. The number of alkyl halides is 3. The first-order chi connectivity index (χ1) is 8.49. The monoisotopic (exact) mass is 282 g/mol. The second-order valence-corrected chi connectivity index (χ2v) is 6.28. The van der Waals surface area contributed by atoms with Crippen LogP contribution in [0.25, 0.3) is 0 Å². The van der Waals surface area contributed by atoms with Crippen molar-refractivity contribution in [3.8, 4) is 0 Å². The zero-order chi connectivity index (χ0) is 15.3. The first-order valence-electron chi connectivity index (χ1n) is 7.03. The lowest BCUT2D eigenvalue weighted by molar-refractivity contribution is -0.153. The molecule has 1 unspecified atom stereocenters. The Morgan fingerprint density at radius 2 is 1.58 bits per heavy atom. The smallest absolute Gasteiger partial charge is 0.314 e. The molecule has 2 nitrogen and oxygen atoms in total. The average molecular weight is 282 g/mol. The predicted octanol–water partition coefficient (Wildman–Crippen LogP) is 3.67. The zero-order valence-corrected chi connectivity index (χ0v) is 13.1. The van der Waals surface area contributed by atoms with E-state index in [0.29, 0.717) is 6.54 Å². The lowest BCUT2D eigenvalue weighted by Crippen LogP contribution is -2.50. The van der Waals surface area contributed by atoms with Crippen LogP contribution >= 0.6 is 0 Å². The molecule has 0 aromatic rings. The van der Waals surface area contributed by atoms with E-state index in [9.17, 15) is 13.2 Å². The summed E-state index contributed by atoms with van der Waals surface area (Å²) in [6, 6.07) is 0.0706. The molecular weight excluding hydrogens is 253 g/mol. The van der Waals surface area contributed by atoms with E-state index in [1.807, 2.05) is 34.6 Å². The molecule has 1 atom stereocenters. The van der Waals surface area contributed by atoms with Gasteiger partial charge in [-0.25, -0.2) is 0 Å². The van der Waals surface area contributed by atoms with Crippen LogP contribution in [-0.4, -0.2) is 42.8 Å². The van der Waals surface area contributed by atoms with Gasteiger partial charge in [-0.15, -0.1) is 0 Å². The van der Waals surface area contributed by atoms with E-state index >= 15 is 0 Å². The normalized spacial score (nSPS) is 15.3. The van der Waals surface area contributed by atoms with Gasteiger partial charge in [-0.1, -0.05) is 20.8 Å². The highest BCUT2D eigenvalue weighted by Gasteiger charge is 2.36. The lowest BCUT2D eigenvalue weighted by Gasteiger charge is -2.39. The van der Waals surface area contributed by atoms with Gasteiger partial charge < -0.3 is 5.32 Å². The molecule has 0 aliphatic carbocycles.